The number of phenols is 2. The number of carbonyl (C=O) groups excluding carboxylic acids is 1. The van der Waals surface area contributed by atoms with Gasteiger partial charge in [-0.15, -0.1) is 13.2 Å². The molecule has 12 heteroatoms. The Hall–Kier alpha value is -4.74. The second-order valence-corrected chi connectivity index (χ2v) is 8.67. The van der Waals surface area contributed by atoms with Gasteiger partial charge in [-0.2, -0.15) is 5.10 Å². The van der Waals surface area contributed by atoms with Crippen LogP contribution in [0.1, 0.15) is 21.5 Å². The van der Waals surface area contributed by atoms with E-state index in [4.69, 9.17) is 0 Å². The number of nitrogens with one attached hydrogen (secondary N) is 1. The lowest BCUT2D eigenvalue weighted by Crippen LogP contribution is -2.26. The Balaban J connectivity index is 1.47. The second-order valence-electron chi connectivity index (χ2n) is 8.67. The minimum Gasteiger partial charge on any atom is -0.508 e. The van der Waals surface area contributed by atoms with E-state index in [0.29, 0.717) is 13.1 Å². The summed E-state index contributed by atoms with van der Waals surface area (Å²) in [5.41, 5.74) is 1.62. The van der Waals surface area contributed by atoms with Gasteiger partial charge in [0, 0.05) is 43.9 Å². The van der Waals surface area contributed by atoms with Crippen molar-refractivity contribution in [1.82, 2.24) is 14.7 Å². The van der Waals surface area contributed by atoms with E-state index in [-0.39, 0.29) is 34.1 Å². The van der Waals surface area contributed by atoms with Gasteiger partial charge in [0.15, 0.2) is 0 Å². The van der Waals surface area contributed by atoms with Crippen LogP contribution in [0.15, 0.2) is 60.7 Å². The fourth-order valence-corrected chi connectivity index (χ4v) is 4.32. The number of amides is 1. The number of fused-ring (bicyclic) bond motifs is 1. The van der Waals surface area contributed by atoms with Crippen molar-refractivity contribution >= 4 is 17.4 Å². The number of hydrogen-bond acceptors (Lipinski definition) is 6. The van der Waals surface area contributed by atoms with Crippen LogP contribution in [-0.2, 0) is 20.1 Å². The summed E-state index contributed by atoms with van der Waals surface area (Å²) in [6.45, 7) is 0.667. The zero-order valence-corrected chi connectivity index (χ0v) is 19.8. The van der Waals surface area contributed by atoms with Gasteiger partial charge in [0.05, 0.1) is 11.4 Å². The zero-order valence-electron chi connectivity index (χ0n) is 19.8. The molecule has 0 atom stereocenters. The Kier molecular flexibility index (Phi) is 6.09. The highest BCUT2D eigenvalue weighted by Crippen LogP contribution is 2.37. The van der Waals surface area contributed by atoms with Crippen molar-refractivity contribution < 1.29 is 37.3 Å². The standard InChI is InChI=1S/C26H20F4N4O4/c1-33-23(11-20(32-33)18-10-17(6-7-19(18)27)38-26(28,29)30)31-21-8-16(35)9-22(36)24(21)25(37)34-12-14-4-2-3-5-15(14)13-34/h2-11,31,35-36H,12-13H2,1H3. The SMILES string of the molecule is Cn1nc(-c2cc(OC(F)(F)F)ccc2F)cc1Nc1cc(O)cc(O)c1C(=O)N1Cc2ccccc2C1. The average Bonchev–Trinajstić information content (AvgIpc) is 3.42. The molecule has 1 aliphatic rings. The van der Waals surface area contributed by atoms with Gasteiger partial charge >= 0.3 is 6.36 Å². The number of halogens is 4. The van der Waals surface area contributed by atoms with Crippen LogP contribution in [0.2, 0.25) is 0 Å². The molecule has 0 saturated heterocycles. The molecule has 1 aliphatic heterocycles. The lowest BCUT2D eigenvalue weighted by atomic mass is 10.1. The van der Waals surface area contributed by atoms with E-state index < -0.39 is 29.6 Å². The number of phenolic OH excluding ortho intramolecular Hbond substituents is 2. The first-order valence-electron chi connectivity index (χ1n) is 11.3. The van der Waals surface area contributed by atoms with Crippen molar-refractivity contribution in [3.63, 3.8) is 0 Å². The number of ether oxygens (including phenoxy) is 1. The molecule has 3 aromatic carbocycles. The summed E-state index contributed by atoms with van der Waals surface area (Å²) >= 11 is 0. The van der Waals surface area contributed by atoms with Gasteiger partial charge in [0.25, 0.3) is 5.91 Å². The molecule has 196 valence electrons. The molecule has 0 unspecified atom stereocenters. The fraction of sp³-hybridized carbons (Fsp3) is 0.154. The maximum atomic E-state index is 14.5. The van der Waals surface area contributed by atoms with E-state index in [2.05, 4.69) is 15.2 Å². The number of carbonyl (C=O) groups is 1. The summed E-state index contributed by atoms with van der Waals surface area (Å²) in [6, 6.07) is 13.7. The van der Waals surface area contributed by atoms with Crippen LogP contribution in [0, 0.1) is 5.82 Å². The quantitative estimate of drug-likeness (QED) is 0.299. The number of hydrogen-bond donors (Lipinski definition) is 3. The minimum absolute atomic E-state index is 0.0210. The van der Waals surface area contributed by atoms with Gasteiger partial charge in [0.1, 0.15) is 34.4 Å². The van der Waals surface area contributed by atoms with Crippen LogP contribution < -0.4 is 10.1 Å². The molecule has 2 heterocycles. The average molecular weight is 528 g/mol. The summed E-state index contributed by atoms with van der Waals surface area (Å²) in [5, 5.41) is 27.7. The molecule has 0 bridgehead atoms. The number of aromatic hydroxyl groups is 2. The van der Waals surface area contributed by atoms with Crippen molar-refractivity contribution in [3.8, 4) is 28.5 Å². The van der Waals surface area contributed by atoms with Gasteiger partial charge < -0.3 is 25.2 Å². The molecule has 1 aromatic heterocycles. The Morgan fingerprint density at radius 3 is 2.37 bits per heavy atom. The summed E-state index contributed by atoms with van der Waals surface area (Å²) in [7, 11) is 1.49. The molecule has 0 spiro atoms. The monoisotopic (exact) mass is 528 g/mol. The summed E-state index contributed by atoms with van der Waals surface area (Å²) in [5.74, 6) is -2.53. The van der Waals surface area contributed by atoms with E-state index in [0.717, 1.165) is 35.4 Å². The van der Waals surface area contributed by atoms with Crippen LogP contribution in [0.4, 0.5) is 29.1 Å². The Labute approximate surface area is 213 Å². The van der Waals surface area contributed by atoms with Crippen molar-refractivity contribution in [2.24, 2.45) is 7.05 Å². The summed E-state index contributed by atoms with van der Waals surface area (Å²) in [4.78, 5) is 15.0. The molecule has 38 heavy (non-hydrogen) atoms. The third kappa shape index (κ3) is 4.92. The Morgan fingerprint density at radius 1 is 1.03 bits per heavy atom. The number of aryl methyl sites for hydroxylation is 1. The van der Waals surface area contributed by atoms with Gasteiger partial charge in [-0.25, -0.2) is 4.39 Å². The van der Waals surface area contributed by atoms with Crippen molar-refractivity contribution in [3.05, 3.63) is 83.2 Å². The number of anilines is 2. The molecule has 0 fully saturated rings. The first kappa shape index (κ1) is 24.9. The third-order valence-electron chi connectivity index (χ3n) is 6.03. The normalized spacial score (nSPS) is 12.9. The van der Waals surface area contributed by atoms with Crippen LogP contribution in [0.25, 0.3) is 11.3 Å². The summed E-state index contributed by atoms with van der Waals surface area (Å²) in [6.07, 6.45) is -4.96. The predicted octanol–water partition coefficient (Wildman–Crippen LogP) is 5.44. The zero-order chi connectivity index (χ0) is 27.2. The lowest BCUT2D eigenvalue weighted by Gasteiger charge is -2.19. The Morgan fingerprint density at radius 2 is 1.71 bits per heavy atom. The van der Waals surface area contributed by atoms with Crippen molar-refractivity contribution in [1.29, 1.82) is 0 Å². The largest absolute Gasteiger partial charge is 0.573 e. The van der Waals surface area contributed by atoms with Crippen LogP contribution in [0.5, 0.6) is 17.2 Å². The molecule has 4 aromatic rings. The van der Waals surface area contributed by atoms with Gasteiger partial charge in [-0.1, -0.05) is 24.3 Å². The predicted molar refractivity (Wildman–Crippen MR) is 128 cm³/mol. The topological polar surface area (TPSA) is 99.9 Å². The van der Waals surface area contributed by atoms with Crippen LogP contribution in [-0.4, -0.2) is 37.2 Å². The molecule has 0 saturated carbocycles. The fourth-order valence-electron chi connectivity index (χ4n) is 4.32. The Bertz CT molecular complexity index is 1530. The maximum absolute atomic E-state index is 14.5. The van der Waals surface area contributed by atoms with E-state index in [1.165, 1.54) is 28.8 Å². The van der Waals surface area contributed by atoms with E-state index in [1.807, 2.05) is 24.3 Å². The first-order chi connectivity index (χ1) is 18.0. The third-order valence-corrected chi connectivity index (χ3v) is 6.03. The highest BCUT2D eigenvalue weighted by Gasteiger charge is 2.32. The minimum atomic E-state index is -4.96. The van der Waals surface area contributed by atoms with E-state index in [9.17, 15) is 32.6 Å². The highest BCUT2D eigenvalue weighted by atomic mass is 19.4. The molecular weight excluding hydrogens is 508 g/mol. The number of aromatic nitrogens is 2. The first-order valence-corrected chi connectivity index (χ1v) is 11.3. The number of rotatable bonds is 5. The van der Waals surface area contributed by atoms with Gasteiger partial charge in [-0.3, -0.25) is 9.48 Å². The number of benzene rings is 3. The van der Waals surface area contributed by atoms with Crippen LogP contribution >= 0.6 is 0 Å². The van der Waals surface area contributed by atoms with E-state index in [1.54, 1.807) is 0 Å². The molecule has 3 N–H and O–H groups in total. The van der Waals surface area contributed by atoms with Crippen molar-refractivity contribution in [2.45, 2.75) is 19.5 Å². The van der Waals surface area contributed by atoms with E-state index >= 15 is 0 Å². The number of nitrogens with zero attached hydrogens (tertiary/aromatic N) is 3. The van der Waals surface area contributed by atoms with Gasteiger partial charge in [0.2, 0.25) is 0 Å². The lowest BCUT2D eigenvalue weighted by molar-refractivity contribution is -0.274. The van der Waals surface area contributed by atoms with Crippen LogP contribution in [0.3, 0.4) is 0 Å². The molecule has 0 radical (unpaired) electrons. The molecule has 5 rings (SSSR count). The maximum Gasteiger partial charge on any atom is 0.573 e. The molecular formula is C26H20F4N4O4. The number of alkyl halides is 3. The smallest absolute Gasteiger partial charge is 0.508 e. The molecule has 1 amide bonds. The van der Waals surface area contributed by atoms with Crippen molar-refractivity contribution in [2.75, 3.05) is 5.32 Å². The highest BCUT2D eigenvalue weighted by molar-refractivity contribution is 6.03. The van der Waals surface area contributed by atoms with Gasteiger partial charge in [-0.05, 0) is 29.3 Å². The summed E-state index contributed by atoms with van der Waals surface area (Å²) < 4.78 is 57.5. The molecule has 8 nitrogen and oxygen atoms in total. The second kappa shape index (κ2) is 9.29. The molecule has 0 aliphatic carbocycles.